The number of piperidine rings is 1. The van der Waals surface area contributed by atoms with Crippen LogP contribution in [0.3, 0.4) is 0 Å². The summed E-state index contributed by atoms with van der Waals surface area (Å²) in [6, 6.07) is 0. The molecule has 1 saturated heterocycles. The summed E-state index contributed by atoms with van der Waals surface area (Å²) in [6.45, 7) is 2.93. The Balaban J connectivity index is 1.82. The van der Waals surface area contributed by atoms with Crippen LogP contribution in [-0.4, -0.2) is 34.0 Å². The van der Waals surface area contributed by atoms with Crippen molar-refractivity contribution in [2.75, 3.05) is 24.5 Å². The summed E-state index contributed by atoms with van der Waals surface area (Å²) in [5, 5.41) is 0. The standard InChI is InChI=1S/C13H18IN5/c14-11-9-17-13(19-8-5-16-12(11)19)18-6-2-10(1-4-15)3-7-18/h5,8-10H,1-4,6-7,15H2. The van der Waals surface area contributed by atoms with E-state index in [2.05, 4.69) is 41.9 Å². The van der Waals surface area contributed by atoms with Crippen LogP contribution < -0.4 is 10.6 Å². The molecule has 2 aromatic heterocycles. The molecule has 3 heterocycles. The van der Waals surface area contributed by atoms with E-state index in [9.17, 15) is 0 Å². The smallest absolute Gasteiger partial charge is 0.211 e. The Hall–Kier alpha value is -0.890. The maximum absolute atomic E-state index is 5.64. The molecular formula is C13H18IN5. The lowest BCUT2D eigenvalue weighted by Gasteiger charge is -2.32. The second-order valence-electron chi connectivity index (χ2n) is 5.03. The Morgan fingerprint density at radius 3 is 2.84 bits per heavy atom. The average Bonchev–Trinajstić information content (AvgIpc) is 2.91. The van der Waals surface area contributed by atoms with Crippen LogP contribution in [0.5, 0.6) is 0 Å². The Labute approximate surface area is 126 Å². The topological polar surface area (TPSA) is 59.5 Å². The lowest BCUT2D eigenvalue weighted by atomic mass is 9.94. The molecule has 0 amide bonds. The van der Waals surface area contributed by atoms with Crippen molar-refractivity contribution in [1.82, 2.24) is 14.4 Å². The molecule has 1 aliphatic heterocycles. The highest BCUT2D eigenvalue weighted by Crippen LogP contribution is 2.25. The predicted molar refractivity (Wildman–Crippen MR) is 84.3 cm³/mol. The van der Waals surface area contributed by atoms with Crippen molar-refractivity contribution in [1.29, 1.82) is 0 Å². The van der Waals surface area contributed by atoms with Gasteiger partial charge in [0.2, 0.25) is 5.95 Å². The van der Waals surface area contributed by atoms with Crippen molar-refractivity contribution >= 4 is 34.2 Å². The van der Waals surface area contributed by atoms with E-state index >= 15 is 0 Å². The molecule has 0 saturated carbocycles. The molecule has 102 valence electrons. The molecule has 2 aromatic rings. The number of anilines is 1. The molecular weight excluding hydrogens is 353 g/mol. The monoisotopic (exact) mass is 371 g/mol. The van der Waals surface area contributed by atoms with Crippen molar-refractivity contribution < 1.29 is 0 Å². The summed E-state index contributed by atoms with van der Waals surface area (Å²) in [4.78, 5) is 11.3. The molecule has 5 nitrogen and oxygen atoms in total. The summed E-state index contributed by atoms with van der Waals surface area (Å²) in [7, 11) is 0. The van der Waals surface area contributed by atoms with Gasteiger partial charge in [0, 0.05) is 31.7 Å². The molecule has 1 fully saturated rings. The summed E-state index contributed by atoms with van der Waals surface area (Å²) in [6.07, 6.45) is 9.30. The zero-order valence-electron chi connectivity index (χ0n) is 10.8. The molecule has 6 heteroatoms. The summed E-state index contributed by atoms with van der Waals surface area (Å²) >= 11 is 2.28. The molecule has 0 bridgehead atoms. The largest absolute Gasteiger partial charge is 0.342 e. The first-order chi connectivity index (χ1) is 9.29. The van der Waals surface area contributed by atoms with E-state index < -0.39 is 0 Å². The molecule has 0 aromatic carbocycles. The van der Waals surface area contributed by atoms with Gasteiger partial charge in [-0.2, -0.15) is 0 Å². The molecule has 2 N–H and O–H groups in total. The highest BCUT2D eigenvalue weighted by atomic mass is 127. The number of aromatic nitrogens is 3. The second kappa shape index (κ2) is 5.62. The molecule has 0 atom stereocenters. The summed E-state index contributed by atoms with van der Waals surface area (Å²) in [5.41, 5.74) is 6.64. The highest BCUT2D eigenvalue weighted by Gasteiger charge is 2.21. The summed E-state index contributed by atoms with van der Waals surface area (Å²) < 4.78 is 3.18. The van der Waals surface area contributed by atoms with Gasteiger partial charge in [0.25, 0.3) is 0 Å². The van der Waals surface area contributed by atoms with Crippen LogP contribution in [0.4, 0.5) is 5.95 Å². The van der Waals surface area contributed by atoms with Gasteiger partial charge in [-0.05, 0) is 54.3 Å². The van der Waals surface area contributed by atoms with E-state index in [1.165, 1.54) is 12.8 Å². The van der Waals surface area contributed by atoms with Crippen LogP contribution in [0.1, 0.15) is 19.3 Å². The number of fused-ring (bicyclic) bond motifs is 1. The maximum atomic E-state index is 5.64. The van der Waals surface area contributed by atoms with Crippen molar-refractivity contribution in [3.05, 3.63) is 22.2 Å². The van der Waals surface area contributed by atoms with Crippen molar-refractivity contribution in [2.24, 2.45) is 11.7 Å². The fraction of sp³-hybridized carbons (Fsp3) is 0.538. The van der Waals surface area contributed by atoms with E-state index in [1.54, 1.807) is 0 Å². The maximum Gasteiger partial charge on any atom is 0.211 e. The quantitative estimate of drug-likeness (QED) is 0.838. The number of halogens is 1. The van der Waals surface area contributed by atoms with Crippen LogP contribution in [0, 0.1) is 9.49 Å². The third-order valence-electron chi connectivity index (χ3n) is 3.84. The molecule has 3 rings (SSSR count). The molecule has 0 spiro atoms. The van der Waals surface area contributed by atoms with E-state index in [4.69, 9.17) is 5.73 Å². The van der Waals surface area contributed by atoms with E-state index in [0.717, 1.165) is 47.1 Å². The molecule has 0 aliphatic carbocycles. The Morgan fingerprint density at radius 2 is 2.11 bits per heavy atom. The number of hydrogen-bond acceptors (Lipinski definition) is 4. The van der Waals surface area contributed by atoms with Gasteiger partial charge in [-0.25, -0.2) is 9.97 Å². The number of hydrogen-bond donors (Lipinski definition) is 1. The van der Waals surface area contributed by atoms with Gasteiger partial charge in [0.1, 0.15) is 0 Å². The minimum Gasteiger partial charge on any atom is -0.342 e. The van der Waals surface area contributed by atoms with Crippen molar-refractivity contribution in [3.8, 4) is 0 Å². The van der Waals surface area contributed by atoms with E-state index in [-0.39, 0.29) is 0 Å². The van der Waals surface area contributed by atoms with Gasteiger partial charge in [-0.1, -0.05) is 0 Å². The highest BCUT2D eigenvalue weighted by molar-refractivity contribution is 14.1. The zero-order valence-corrected chi connectivity index (χ0v) is 13.0. The molecule has 0 radical (unpaired) electrons. The van der Waals surface area contributed by atoms with Crippen LogP contribution in [0.2, 0.25) is 0 Å². The minimum absolute atomic E-state index is 0.781. The molecule has 19 heavy (non-hydrogen) atoms. The van der Waals surface area contributed by atoms with Gasteiger partial charge >= 0.3 is 0 Å². The van der Waals surface area contributed by atoms with Crippen LogP contribution in [-0.2, 0) is 0 Å². The average molecular weight is 371 g/mol. The fourth-order valence-electron chi connectivity index (χ4n) is 2.77. The number of imidazole rings is 1. The van der Waals surface area contributed by atoms with Gasteiger partial charge in [-0.3, -0.25) is 4.40 Å². The van der Waals surface area contributed by atoms with Gasteiger partial charge in [0.05, 0.1) is 3.57 Å². The third kappa shape index (κ3) is 2.55. The van der Waals surface area contributed by atoms with Gasteiger partial charge < -0.3 is 10.6 Å². The van der Waals surface area contributed by atoms with E-state index in [1.807, 2.05) is 18.6 Å². The molecule has 1 aliphatic rings. The third-order valence-corrected chi connectivity index (χ3v) is 4.60. The van der Waals surface area contributed by atoms with Crippen LogP contribution >= 0.6 is 22.6 Å². The normalized spacial score (nSPS) is 17.3. The summed E-state index contributed by atoms with van der Waals surface area (Å²) in [5.74, 6) is 1.79. The zero-order chi connectivity index (χ0) is 13.2. The number of nitrogens with two attached hydrogens (primary N) is 1. The Morgan fingerprint density at radius 1 is 1.32 bits per heavy atom. The lowest BCUT2D eigenvalue weighted by molar-refractivity contribution is 0.383. The SMILES string of the molecule is NCCC1CCN(c2ncc(I)c3nccn23)CC1. The second-order valence-corrected chi connectivity index (χ2v) is 6.20. The van der Waals surface area contributed by atoms with Crippen molar-refractivity contribution in [2.45, 2.75) is 19.3 Å². The first kappa shape index (κ1) is 13.1. The molecule has 0 unspecified atom stereocenters. The first-order valence-corrected chi connectivity index (χ1v) is 7.80. The van der Waals surface area contributed by atoms with Gasteiger partial charge in [-0.15, -0.1) is 0 Å². The van der Waals surface area contributed by atoms with Crippen LogP contribution in [0.25, 0.3) is 5.65 Å². The first-order valence-electron chi connectivity index (χ1n) is 6.72. The fourth-order valence-corrected chi connectivity index (χ4v) is 3.31. The van der Waals surface area contributed by atoms with E-state index in [0.29, 0.717) is 0 Å². The van der Waals surface area contributed by atoms with Crippen molar-refractivity contribution in [3.63, 3.8) is 0 Å². The minimum atomic E-state index is 0.781. The lowest BCUT2D eigenvalue weighted by Crippen LogP contribution is -2.36. The Bertz CT molecular complexity index is 559. The van der Waals surface area contributed by atoms with Crippen LogP contribution in [0.15, 0.2) is 18.6 Å². The number of rotatable bonds is 3. The van der Waals surface area contributed by atoms with Gasteiger partial charge in [0.15, 0.2) is 5.65 Å². The predicted octanol–water partition coefficient (Wildman–Crippen LogP) is 1.90. The number of nitrogens with zero attached hydrogens (tertiary/aromatic N) is 4. The Kier molecular flexibility index (Phi) is 3.88.